The Kier molecular flexibility index (Phi) is 3.12. The van der Waals surface area contributed by atoms with Gasteiger partial charge >= 0.3 is 0 Å². The molecule has 3 nitrogen and oxygen atoms in total. The molecule has 0 unspecified atom stereocenters. The molecule has 4 aliphatic carbocycles. The highest BCUT2D eigenvalue weighted by Crippen LogP contribution is 2.53. The van der Waals surface area contributed by atoms with Crippen molar-refractivity contribution in [1.82, 2.24) is 4.72 Å². The fraction of sp³-hybridized carbons (Fsp3) is 0.625. The third-order valence-corrected chi connectivity index (χ3v) is 7.12. The summed E-state index contributed by atoms with van der Waals surface area (Å²) in [5, 5.41) is 0. The van der Waals surface area contributed by atoms with Crippen LogP contribution in [-0.2, 0) is 10.0 Å². The Balaban J connectivity index is 1.56. The van der Waals surface area contributed by atoms with Crippen LogP contribution in [0.4, 0.5) is 4.39 Å². The van der Waals surface area contributed by atoms with Gasteiger partial charge in [-0.1, -0.05) is 0 Å². The summed E-state index contributed by atoms with van der Waals surface area (Å²) in [7, 11) is -3.54. The number of hydrogen-bond acceptors (Lipinski definition) is 2. The van der Waals surface area contributed by atoms with Crippen LogP contribution in [0.15, 0.2) is 29.2 Å². The Hall–Kier alpha value is -0.940. The summed E-state index contributed by atoms with van der Waals surface area (Å²) < 4.78 is 40.9. The zero-order valence-corrected chi connectivity index (χ0v) is 12.7. The highest BCUT2D eigenvalue weighted by Gasteiger charge is 2.49. The number of sulfonamides is 1. The van der Waals surface area contributed by atoms with Crippen molar-refractivity contribution in [3.05, 3.63) is 30.1 Å². The molecule has 21 heavy (non-hydrogen) atoms. The SMILES string of the molecule is O=S(=O)(NC1C2CC3CC(C2)CC1C3)c1ccc(F)cc1. The monoisotopic (exact) mass is 309 g/mol. The maximum atomic E-state index is 13.0. The van der Waals surface area contributed by atoms with Crippen LogP contribution in [0.2, 0.25) is 0 Å². The summed E-state index contributed by atoms with van der Waals surface area (Å²) in [6, 6.07) is 5.16. The van der Waals surface area contributed by atoms with Gasteiger partial charge in [-0.15, -0.1) is 0 Å². The maximum Gasteiger partial charge on any atom is 0.240 e. The number of hydrogen-bond donors (Lipinski definition) is 1. The first-order valence-electron chi connectivity index (χ1n) is 7.79. The molecule has 5 rings (SSSR count). The highest BCUT2D eigenvalue weighted by molar-refractivity contribution is 7.89. The summed E-state index contributed by atoms with van der Waals surface area (Å²) in [6.07, 6.45) is 6.03. The van der Waals surface area contributed by atoms with Crippen LogP contribution < -0.4 is 4.72 Å². The molecule has 4 aliphatic rings. The van der Waals surface area contributed by atoms with E-state index in [9.17, 15) is 12.8 Å². The molecule has 1 aromatic rings. The summed E-state index contributed by atoms with van der Waals surface area (Å²) in [4.78, 5) is 0.165. The number of rotatable bonds is 3. The molecule has 1 N–H and O–H groups in total. The van der Waals surface area contributed by atoms with Gasteiger partial charge in [0, 0.05) is 6.04 Å². The Labute approximate surface area is 125 Å². The molecule has 114 valence electrons. The van der Waals surface area contributed by atoms with E-state index in [0.29, 0.717) is 11.8 Å². The molecule has 0 aromatic heterocycles. The van der Waals surface area contributed by atoms with E-state index in [1.165, 1.54) is 56.4 Å². The molecule has 0 amide bonds. The van der Waals surface area contributed by atoms with Gasteiger partial charge in [0.25, 0.3) is 0 Å². The Bertz CT molecular complexity index is 613. The first-order chi connectivity index (χ1) is 10.0. The van der Waals surface area contributed by atoms with Gasteiger partial charge < -0.3 is 0 Å². The topological polar surface area (TPSA) is 46.2 Å². The zero-order chi connectivity index (χ0) is 14.6. The predicted molar refractivity (Wildman–Crippen MR) is 77.6 cm³/mol. The first kappa shape index (κ1) is 13.7. The van der Waals surface area contributed by atoms with Crippen molar-refractivity contribution < 1.29 is 12.8 Å². The third kappa shape index (κ3) is 2.40. The first-order valence-corrected chi connectivity index (χ1v) is 9.27. The van der Waals surface area contributed by atoms with E-state index in [-0.39, 0.29) is 10.9 Å². The van der Waals surface area contributed by atoms with Crippen LogP contribution in [-0.4, -0.2) is 14.5 Å². The van der Waals surface area contributed by atoms with Crippen molar-refractivity contribution >= 4 is 10.0 Å². The van der Waals surface area contributed by atoms with Crippen molar-refractivity contribution in [2.75, 3.05) is 0 Å². The van der Waals surface area contributed by atoms with Gasteiger partial charge in [-0.3, -0.25) is 0 Å². The van der Waals surface area contributed by atoms with E-state index in [4.69, 9.17) is 0 Å². The molecule has 1 aromatic carbocycles. The molecule has 4 saturated carbocycles. The maximum absolute atomic E-state index is 13.0. The van der Waals surface area contributed by atoms with Crippen LogP contribution >= 0.6 is 0 Å². The second-order valence-electron chi connectivity index (χ2n) is 7.03. The molecule has 4 fully saturated rings. The van der Waals surface area contributed by atoms with Crippen molar-refractivity contribution in [2.24, 2.45) is 23.7 Å². The predicted octanol–water partition coefficient (Wildman–Crippen LogP) is 2.93. The standard InChI is InChI=1S/C16H20FNO2S/c17-14-1-3-15(4-2-14)21(19,20)18-16-12-6-10-5-11(8-12)9-13(16)7-10/h1-4,10-13,16,18H,5-9H2. The molecular weight excluding hydrogens is 289 g/mol. The molecule has 4 bridgehead atoms. The third-order valence-electron chi connectivity index (χ3n) is 5.64. The van der Waals surface area contributed by atoms with Crippen LogP contribution in [0.1, 0.15) is 32.1 Å². The molecule has 0 atom stereocenters. The van der Waals surface area contributed by atoms with Gasteiger partial charge in [-0.25, -0.2) is 17.5 Å². The van der Waals surface area contributed by atoms with E-state index in [1.54, 1.807) is 0 Å². The lowest BCUT2D eigenvalue weighted by molar-refractivity contribution is -0.00557. The second kappa shape index (κ2) is 4.78. The van der Waals surface area contributed by atoms with Crippen LogP contribution in [0.5, 0.6) is 0 Å². The average Bonchev–Trinajstić information content (AvgIpc) is 2.42. The van der Waals surface area contributed by atoms with E-state index in [0.717, 1.165) is 11.8 Å². The normalized spacial score (nSPS) is 37.9. The van der Waals surface area contributed by atoms with Crippen LogP contribution in [0, 0.1) is 29.5 Å². The van der Waals surface area contributed by atoms with Crippen molar-refractivity contribution in [1.29, 1.82) is 0 Å². The second-order valence-corrected chi connectivity index (χ2v) is 8.75. The molecule has 5 heteroatoms. The van der Waals surface area contributed by atoms with Crippen LogP contribution in [0.25, 0.3) is 0 Å². The minimum absolute atomic E-state index is 0.0767. The molecule has 0 heterocycles. The molecule has 0 spiro atoms. The minimum Gasteiger partial charge on any atom is -0.208 e. The van der Waals surface area contributed by atoms with Gasteiger partial charge in [0.05, 0.1) is 4.90 Å². The fourth-order valence-electron chi connectivity index (χ4n) is 4.98. The fourth-order valence-corrected chi connectivity index (χ4v) is 6.35. The number of benzene rings is 1. The smallest absolute Gasteiger partial charge is 0.208 e. The zero-order valence-electron chi connectivity index (χ0n) is 11.8. The minimum atomic E-state index is -3.54. The largest absolute Gasteiger partial charge is 0.240 e. The lowest BCUT2D eigenvalue weighted by Crippen LogP contribution is -2.55. The Morgan fingerprint density at radius 3 is 1.95 bits per heavy atom. The van der Waals surface area contributed by atoms with Gasteiger partial charge in [-0.2, -0.15) is 0 Å². The van der Waals surface area contributed by atoms with E-state index in [1.807, 2.05) is 0 Å². The van der Waals surface area contributed by atoms with E-state index < -0.39 is 15.8 Å². The summed E-state index contributed by atoms with van der Waals surface area (Å²) >= 11 is 0. The van der Waals surface area contributed by atoms with E-state index >= 15 is 0 Å². The van der Waals surface area contributed by atoms with Crippen molar-refractivity contribution in [3.8, 4) is 0 Å². The Morgan fingerprint density at radius 2 is 1.43 bits per heavy atom. The molecule has 0 radical (unpaired) electrons. The van der Waals surface area contributed by atoms with Crippen LogP contribution in [0.3, 0.4) is 0 Å². The highest BCUT2D eigenvalue weighted by atomic mass is 32.2. The molecular formula is C16H20FNO2S. The van der Waals surface area contributed by atoms with Crippen molar-refractivity contribution in [2.45, 2.75) is 43.0 Å². The van der Waals surface area contributed by atoms with Gasteiger partial charge in [0.15, 0.2) is 0 Å². The molecule has 0 aliphatic heterocycles. The van der Waals surface area contributed by atoms with Gasteiger partial charge in [0.1, 0.15) is 5.82 Å². The summed E-state index contributed by atoms with van der Waals surface area (Å²) in [5.74, 6) is 2.22. The van der Waals surface area contributed by atoms with Crippen molar-refractivity contribution in [3.63, 3.8) is 0 Å². The number of nitrogens with one attached hydrogen (secondary N) is 1. The lowest BCUT2D eigenvalue weighted by atomic mass is 9.54. The number of halogens is 1. The Morgan fingerprint density at radius 1 is 0.905 bits per heavy atom. The lowest BCUT2D eigenvalue weighted by Gasteiger charge is -2.54. The summed E-state index contributed by atoms with van der Waals surface area (Å²) in [6.45, 7) is 0. The van der Waals surface area contributed by atoms with Gasteiger partial charge in [-0.05, 0) is 80.0 Å². The average molecular weight is 309 g/mol. The van der Waals surface area contributed by atoms with Gasteiger partial charge in [0.2, 0.25) is 10.0 Å². The van der Waals surface area contributed by atoms with E-state index in [2.05, 4.69) is 4.72 Å². The quantitative estimate of drug-likeness (QED) is 0.933. The molecule has 0 saturated heterocycles. The summed E-state index contributed by atoms with van der Waals surface area (Å²) in [5.41, 5.74) is 0.